The summed E-state index contributed by atoms with van der Waals surface area (Å²) in [7, 11) is 1.63. The van der Waals surface area contributed by atoms with Gasteiger partial charge in [0.05, 0.1) is 34.8 Å². The molecule has 49 heavy (non-hydrogen) atoms. The normalized spacial score (nSPS) is 13.6. The van der Waals surface area contributed by atoms with E-state index in [1.165, 1.54) is 22.5 Å². The van der Waals surface area contributed by atoms with Crippen LogP contribution >= 0.6 is 11.3 Å². The monoisotopic (exact) mass is 690 g/mol. The molecule has 0 aliphatic heterocycles. The SMILES string of the molecule is CCc1nc(CN(C)C(=O)N[C@H](C(=O)N[C@@H](Cc2ccccc2)C[C@H](O)[C@H](Cc2ccccc2)NC(=O)OCc2cncs2)C(C)C)co1. The molecule has 2 aromatic carbocycles. The minimum Gasteiger partial charge on any atom is -0.449 e. The third kappa shape index (κ3) is 12.0. The third-order valence-corrected chi connectivity index (χ3v) is 8.72. The molecule has 4 amide bonds. The molecule has 0 unspecified atom stereocenters. The predicted octanol–water partition coefficient (Wildman–Crippen LogP) is 4.88. The van der Waals surface area contributed by atoms with E-state index in [2.05, 4.69) is 25.9 Å². The second-order valence-electron chi connectivity index (χ2n) is 12.3. The Bertz CT molecular complexity index is 1580. The summed E-state index contributed by atoms with van der Waals surface area (Å²) in [5, 5.41) is 20.4. The van der Waals surface area contributed by atoms with Gasteiger partial charge in [-0.3, -0.25) is 9.78 Å². The number of aromatic nitrogens is 2. The van der Waals surface area contributed by atoms with Gasteiger partial charge in [-0.15, -0.1) is 11.3 Å². The van der Waals surface area contributed by atoms with E-state index in [4.69, 9.17) is 9.15 Å². The molecule has 0 saturated heterocycles. The molecule has 0 radical (unpaired) electrons. The zero-order chi connectivity index (χ0) is 35.2. The Hall–Kier alpha value is -4.75. The number of rotatable bonds is 17. The number of aliphatic hydroxyl groups is 1. The van der Waals surface area contributed by atoms with Crippen LogP contribution in [0.5, 0.6) is 0 Å². The van der Waals surface area contributed by atoms with Crippen molar-refractivity contribution in [3.8, 4) is 0 Å². The van der Waals surface area contributed by atoms with E-state index in [9.17, 15) is 19.5 Å². The second-order valence-corrected chi connectivity index (χ2v) is 13.3. The molecule has 4 aromatic rings. The maximum absolute atomic E-state index is 13.8. The second kappa shape index (κ2) is 18.7. The number of alkyl carbamates (subject to hydrolysis) is 1. The molecule has 0 aliphatic carbocycles. The smallest absolute Gasteiger partial charge is 0.407 e. The fraction of sp³-hybridized carbons (Fsp3) is 0.417. The zero-order valence-electron chi connectivity index (χ0n) is 28.4. The fourth-order valence-electron chi connectivity index (χ4n) is 5.31. The number of amides is 4. The standard InChI is InChI=1S/C36H46N6O6S/c1-5-32-38-28(21-47-32)20-42(4)35(45)41-33(24(2)3)34(44)39-27(16-25-12-8-6-9-13-25)18-31(43)30(17-26-14-10-7-11-15-26)40-36(46)48-22-29-19-37-23-49-29/h6-15,19,21,23-24,27,30-31,33,43H,5,16-18,20,22H2,1-4H3,(H,39,44)(H,40,46)(H,41,45)/t27-,30-,31-,33-/m0/s1. The van der Waals surface area contributed by atoms with Gasteiger partial charge in [-0.2, -0.15) is 0 Å². The number of nitrogens with one attached hydrogen (secondary N) is 3. The summed E-state index contributed by atoms with van der Waals surface area (Å²) in [4.78, 5) is 50.5. The summed E-state index contributed by atoms with van der Waals surface area (Å²) >= 11 is 1.38. The number of nitrogens with zero attached hydrogens (tertiary/aromatic N) is 3. The molecular weight excluding hydrogens is 644 g/mol. The van der Waals surface area contributed by atoms with Gasteiger partial charge in [0.2, 0.25) is 5.91 Å². The third-order valence-electron chi connectivity index (χ3n) is 7.97. The molecule has 262 valence electrons. The van der Waals surface area contributed by atoms with Crippen LogP contribution in [-0.4, -0.2) is 69.3 Å². The highest BCUT2D eigenvalue weighted by Gasteiger charge is 2.31. The number of aliphatic hydroxyl groups excluding tert-OH is 1. The average Bonchev–Trinajstić information content (AvgIpc) is 3.79. The van der Waals surface area contributed by atoms with E-state index in [-0.39, 0.29) is 31.4 Å². The van der Waals surface area contributed by atoms with Crippen molar-refractivity contribution in [3.05, 3.63) is 106 Å². The van der Waals surface area contributed by atoms with Gasteiger partial charge >= 0.3 is 12.1 Å². The molecule has 2 aromatic heterocycles. The Balaban J connectivity index is 1.47. The number of benzene rings is 2. The van der Waals surface area contributed by atoms with Crippen LogP contribution in [0.4, 0.5) is 9.59 Å². The summed E-state index contributed by atoms with van der Waals surface area (Å²) in [5.41, 5.74) is 4.15. The Kier molecular flexibility index (Phi) is 14.2. The Morgan fingerprint density at radius 1 is 0.980 bits per heavy atom. The highest BCUT2D eigenvalue weighted by Crippen LogP contribution is 2.16. The van der Waals surface area contributed by atoms with Crippen molar-refractivity contribution in [1.82, 2.24) is 30.8 Å². The number of aryl methyl sites for hydroxylation is 1. The van der Waals surface area contributed by atoms with Gasteiger partial charge in [0.25, 0.3) is 0 Å². The number of hydrogen-bond acceptors (Lipinski definition) is 9. The van der Waals surface area contributed by atoms with Gasteiger partial charge in [0, 0.05) is 25.7 Å². The topological polar surface area (TPSA) is 159 Å². The van der Waals surface area contributed by atoms with Crippen LogP contribution in [0.15, 0.2) is 83.1 Å². The summed E-state index contributed by atoms with van der Waals surface area (Å²) in [6.45, 7) is 5.92. The minimum atomic E-state index is -1.06. The molecule has 0 aliphatic rings. The van der Waals surface area contributed by atoms with E-state index < -0.39 is 36.4 Å². The van der Waals surface area contributed by atoms with Crippen LogP contribution in [0.3, 0.4) is 0 Å². The Morgan fingerprint density at radius 2 is 1.65 bits per heavy atom. The van der Waals surface area contributed by atoms with Crippen molar-refractivity contribution in [2.45, 2.75) is 83.8 Å². The van der Waals surface area contributed by atoms with Crippen molar-refractivity contribution in [2.75, 3.05) is 7.05 Å². The first-order chi connectivity index (χ1) is 23.6. The number of ether oxygens (including phenoxy) is 1. The molecule has 4 N–H and O–H groups in total. The molecule has 4 atom stereocenters. The van der Waals surface area contributed by atoms with Gasteiger partial charge in [0.1, 0.15) is 18.9 Å². The first-order valence-corrected chi connectivity index (χ1v) is 17.3. The highest BCUT2D eigenvalue weighted by atomic mass is 32.1. The highest BCUT2D eigenvalue weighted by molar-refractivity contribution is 7.09. The molecule has 0 bridgehead atoms. The average molecular weight is 691 g/mol. The fourth-order valence-corrected chi connectivity index (χ4v) is 5.82. The van der Waals surface area contributed by atoms with Crippen LogP contribution in [0.1, 0.15) is 54.8 Å². The molecule has 13 heteroatoms. The largest absolute Gasteiger partial charge is 0.449 e. The molecule has 2 heterocycles. The van der Waals surface area contributed by atoms with Crippen LogP contribution in [0.2, 0.25) is 0 Å². The number of urea groups is 1. The van der Waals surface area contributed by atoms with Crippen molar-refractivity contribution >= 4 is 29.4 Å². The van der Waals surface area contributed by atoms with Gasteiger partial charge in [0.15, 0.2) is 5.89 Å². The van der Waals surface area contributed by atoms with Crippen molar-refractivity contribution in [3.63, 3.8) is 0 Å². The first-order valence-electron chi connectivity index (χ1n) is 16.4. The first kappa shape index (κ1) is 37.1. The number of oxazole rings is 1. The molecule has 0 spiro atoms. The lowest BCUT2D eigenvalue weighted by Gasteiger charge is -2.30. The zero-order valence-corrected chi connectivity index (χ0v) is 29.2. The van der Waals surface area contributed by atoms with E-state index in [1.807, 2.05) is 81.4 Å². The Morgan fingerprint density at radius 3 is 2.24 bits per heavy atom. The van der Waals surface area contributed by atoms with E-state index in [1.54, 1.807) is 18.8 Å². The van der Waals surface area contributed by atoms with Gasteiger partial charge < -0.3 is 35.1 Å². The summed E-state index contributed by atoms with van der Waals surface area (Å²) in [6, 6.07) is 16.6. The van der Waals surface area contributed by atoms with Crippen LogP contribution in [0.25, 0.3) is 0 Å². The molecule has 0 fully saturated rings. The van der Waals surface area contributed by atoms with Gasteiger partial charge in [-0.05, 0) is 36.3 Å². The summed E-state index contributed by atoms with van der Waals surface area (Å²) < 4.78 is 10.8. The molecule has 4 rings (SSSR count). The summed E-state index contributed by atoms with van der Waals surface area (Å²) in [5.74, 6) is -0.0285. The minimum absolute atomic E-state index is 0.0627. The maximum Gasteiger partial charge on any atom is 0.407 e. The van der Waals surface area contributed by atoms with Crippen molar-refractivity contribution < 1.29 is 28.6 Å². The number of carbonyl (C=O) groups excluding carboxylic acids is 3. The molecular formula is C36H46N6O6S. The van der Waals surface area contributed by atoms with E-state index >= 15 is 0 Å². The predicted molar refractivity (Wildman–Crippen MR) is 187 cm³/mol. The molecule has 0 saturated carbocycles. The van der Waals surface area contributed by atoms with Crippen LogP contribution in [-0.2, 0) is 41.9 Å². The van der Waals surface area contributed by atoms with Gasteiger partial charge in [-0.1, -0.05) is 81.4 Å². The van der Waals surface area contributed by atoms with E-state index in [0.717, 1.165) is 16.0 Å². The summed E-state index contributed by atoms with van der Waals surface area (Å²) in [6.07, 6.45) is 2.96. The number of hydrogen-bond donors (Lipinski definition) is 4. The van der Waals surface area contributed by atoms with E-state index in [0.29, 0.717) is 30.8 Å². The van der Waals surface area contributed by atoms with Gasteiger partial charge in [-0.25, -0.2) is 14.6 Å². The van der Waals surface area contributed by atoms with Crippen LogP contribution in [0, 0.1) is 5.92 Å². The quantitative estimate of drug-likeness (QED) is 0.122. The lowest BCUT2D eigenvalue weighted by atomic mass is 9.93. The van der Waals surface area contributed by atoms with Crippen molar-refractivity contribution in [2.24, 2.45) is 5.92 Å². The number of carbonyl (C=O) groups is 3. The lowest BCUT2D eigenvalue weighted by molar-refractivity contribution is -0.124. The van der Waals surface area contributed by atoms with Crippen molar-refractivity contribution in [1.29, 1.82) is 0 Å². The maximum atomic E-state index is 13.8. The van der Waals surface area contributed by atoms with Crippen LogP contribution < -0.4 is 16.0 Å². The lowest BCUT2D eigenvalue weighted by Crippen LogP contribution is -2.55. The Labute approximate surface area is 291 Å². The molecule has 12 nitrogen and oxygen atoms in total. The number of thiazole rings is 1.